The number of fused-ring (bicyclic) bond motifs is 1. The Kier molecular flexibility index (Phi) is 4.95. The summed E-state index contributed by atoms with van der Waals surface area (Å²) in [4.78, 5) is 36.8. The average molecular weight is 381 g/mol. The molecule has 1 aromatic carbocycles. The number of ether oxygens (including phenoxy) is 1. The Bertz CT molecular complexity index is 893. The molecule has 1 atom stereocenters. The maximum Gasteiger partial charge on any atom is 0.258 e. The summed E-state index contributed by atoms with van der Waals surface area (Å²) in [5.41, 5.74) is 3.06. The van der Waals surface area contributed by atoms with Crippen molar-refractivity contribution in [3.05, 3.63) is 41.7 Å². The maximum atomic E-state index is 12.5. The van der Waals surface area contributed by atoms with Gasteiger partial charge in [0.15, 0.2) is 0 Å². The quantitative estimate of drug-likeness (QED) is 0.873. The lowest BCUT2D eigenvalue weighted by molar-refractivity contribution is -0.116. The van der Waals surface area contributed by atoms with E-state index < -0.39 is 0 Å². The lowest BCUT2D eigenvalue weighted by atomic mass is 10.1. The topological polar surface area (TPSA) is 87.7 Å². The minimum Gasteiger partial charge on any atom is -0.378 e. The van der Waals surface area contributed by atoms with Gasteiger partial charge in [-0.15, -0.1) is 0 Å². The Morgan fingerprint density at radius 3 is 2.57 bits per heavy atom. The SMILES string of the molecule is CC(=O)N1c2ccc(NC(=O)c3cnc(N4CCOCC4)nc3)cc2C[C@@H]1C. The first-order chi connectivity index (χ1) is 13.5. The van der Waals surface area contributed by atoms with Crippen LogP contribution in [0, 0.1) is 0 Å². The number of hydrogen-bond donors (Lipinski definition) is 1. The molecular weight excluding hydrogens is 358 g/mol. The van der Waals surface area contributed by atoms with Gasteiger partial charge in [0.25, 0.3) is 5.91 Å². The molecule has 3 heterocycles. The summed E-state index contributed by atoms with van der Waals surface area (Å²) >= 11 is 0. The summed E-state index contributed by atoms with van der Waals surface area (Å²) in [7, 11) is 0. The number of amides is 2. The van der Waals surface area contributed by atoms with Gasteiger partial charge in [-0.3, -0.25) is 9.59 Å². The normalized spacial score (nSPS) is 18.7. The first-order valence-corrected chi connectivity index (χ1v) is 9.42. The minimum atomic E-state index is -0.261. The Morgan fingerprint density at radius 1 is 1.18 bits per heavy atom. The van der Waals surface area contributed by atoms with Crippen molar-refractivity contribution < 1.29 is 14.3 Å². The Morgan fingerprint density at radius 2 is 1.89 bits per heavy atom. The van der Waals surface area contributed by atoms with Crippen LogP contribution in [0.1, 0.15) is 29.8 Å². The number of nitrogens with one attached hydrogen (secondary N) is 1. The summed E-state index contributed by atoms with van der Waals surface area (Å²) in [6, 6.07) is 5.75. The molecule has 0 aliphatic carbocycles. The summed E-state index contributed by atoms with van der Waals surface area (Å²) in [5.74, 6) is 0.374. The molecule has 8 heteroatoms. The van der Waals surface area contributed by atoms with Crippen molar-refractivity contribution in [1.29, 1.82) is 0 Å². The van der Waals surface area contributed by atoms with Gasteiger partial charge in [0, 0.05) is 49.8 Å². The molecule has 1 fully saturated rings. The van der Waals surface area contributed by atoms with E-state index in [1.54, 1.807) is 24.2 Å². The molecule has 0 unspecified atom stereocenters. The van der Waals surface area contributed by atoms with Gasteiger partial charge >= 0.3 is 0 Å². The summed E-state index contributed by atoms with van der Waals surface area (Å²) < 4.78 is 5.32. The number of carbonyl (C=O) groups is 2. The molecule has 2 aliphatic heterocycles. The molecular formula is C20H23N5O3. The second kappa shape index (κ2) is 7.55. The molecule has 2 amide bonds. The van der Waals surface area contributed by atoms with Crippen LogP contribution in [-0.4, -0.2) is 54.1 Å². The fourth-order valence-corrected chi connectivity index (χ4v) is 3.76. The van der Waals surface area contributed by atoms with Crippen molar-refractivity contribution in [2.24, 2.45) is 0 Å². The fourth-order valence-electron chi connectivity index (χ4n) is 3.76. The van der Waals surface area contributed by atoms with E-state index in [-0.39, 0.29) is 17.9 Å². The number of nitrogens with zero attached hydrogens (tertiary/aromatic N) is 4. The van der Waals surface area contributed by atoms with Gasteiger partial charge in [0.2, 0.25) is 11.9 Å². The minimum absolute atomic E-state index is 0.0283. The van der Waals surface area contributed by atoms with E-state index in [1.807, 2.05) is 30.0 Å². The third kappa shape index (κ3) is 3.55. The molecule has 1 saturated heterocycles. The highest BCUT2D eigenvalue weighted by Crippen LogP contribution is 2.34. The van der Waals surface area contributed by atoms with E-state index >= 15 is 0 Å². The highest BCUT2D eigenvalue weighted by molar-refractivity contribution is 6.04. The zero-order valence-corrected chi connectivity index (χ0v) is 16.0. The number of aromatic nitrogens is 2. The zero-order chi connectivity index (χ0) is 19.7. The van der Waals surface area contributed by atoms with Gasteiger partial charge in [0.05, 0.1) is 18.8 Å². The van der Waals surface area contributed by atoms with Crippen LogP contribution in [0.15, 0.2) is 30.6 Å². The summed E-state index contributed by atoms with van der Waals surface area (Å²) in [6.07, 6.45) is 3.86. The zero-order valence-electron chi connectivity index (χ0n) is 16.0. The third-order valence-corrected chi connectivity index (χ3v) is 5.09. The molecule has 8 nitrogen and oxygen atoms in total. The number of benzene rings is 1. The Balaban J connectivity index is 1.45. The molecule has 0 saturated carbocycles. The largest absolute Gasteiger partial charge is 0.378 e. The van der Waals surface area contributed by atoms with Crippen LogP contribution in [0.3, 0.4) is 0 Å². The number of rotatable bonds is 3. The second-order valence-electron chi connectivity index (χ2n) is 7.11. The highest BCUT2D eigenvalue weighted by Gasteiger charge is 2.29. The van der Waals surface area contributed by atoms with Gasteiger partial charge in [-0.1, -0.05) is 0 Å². The van der Waals surface area contributed by atoms with Gasteiger partial charge in [-0.25, -0.2) is 9.97 Å². The molecule has 0 spiro atoms. The van der Waals surface area contributed by atoms with Crippen molar-refractivity contribution in [3.8, 4) is 0 Å². The summed E-state index contributed by atoms with van der Waals surface area (Å²) in [6.45, 7) is 6.40. The smallest absolute Gasteiger partial charge is 0.258 e. The summed E-state index contributed by atoms with van der Waals surface area (Å²) in [5, 5.41) is 2.89. The second-order valence-corrected chi connectivity index (χ2v) is 7.11. The van der Waals surface area contributed by atoms with Crippen LogP contribution in [-0.2, 0) is 16.0 Å². The van der Waals surface area contributed by atoms with Gasteiger partial charge < -0.3 is 19.9 Å². The number of hydrogen-bond acceptors (Lipinski definition) is 6. The van der Waals surface area contributed by atoms with E-state index in [2.05, 4.69) is 15.3 Å². The van der Waals surface area contributed by atoms with E-state index in [9.17, 15) is 9.59 Å². The average Bonchev–Trinajstić information content (AvgIpc) is 3.04. The molecule has 28 heavy (non-hydrogen) atoms. The van der Waals surface area contributed by atoms with E-state index in [0.717, 1.165) is 30.8 Å². The van der Waals surface area contributed by atoms with Crippen LogP contribution in [0.5, 0.6) is 0 Å². The first kappa shape index (κ1) is 18.4. The van der Waals surface area contributed by atoms with Gasteiger partial charge in [0.1, 0.15) is 0 Å². The molecule has 1 aromatic heterocycles. The molecule has 2 aliphatic rings. The highest BCUT2D eigenvalue weighted by atomic mass is 16.5. The van der Waals surface area contributed by atoms with Crippen molar-refractivity contribution in [2.75, 3.05) is 41.4 Å². The standard InChI is InChI=1S/C20H23N5O3/c1-13-9-15-10-17(3-4-18(15)25(13)14(2)26)23-19(27)16-11-21-20(22-12-16)24-5-7-28-8-6-24/h3-4,10-13H,5-9H2,1-2H3,(H,23,27)/t13-/m0/s1. The molecule has 2 aromatic rings. The lowest BCUT2D eigenvalue weighted by Crippen LogP contribution is -2.37. The Hall–Kier alpha value is -3.00. The Labute approximate surface area is 163 Å². The lowest BCUT2D eigenvalue weighted by Gasteiger charge is -2.26. The van der Waals surface area contributed by atoms with E-state index in [1.165, 1.54) is 0 Å². The fraction of sp³-hybridized carbons (Fsp3) is 0.400. The van der Waals surface area contributed by atoms with Crippen LogP contribution >= 0.6 is 0 Å². The van der Waals surface area contributed by atoms with Crippen molar-refractivity contribution in [3.63, 3.8) is 0 Å². The molecule has 0 bridgehead atoms. The third-order valence-electron chi connectivity index (χ3n) is 5.09. The molecule has 4 rings (SSSR count). The van der Waals surface area contributed by atoms with Gasteiger partial charge in [-0.2, -0.15) is 0 Å². The monoisotopic (exact) mass is 381 g/mol. The van der Waals surface area contributed by atoms with Crippen molar-refractivity contribution >= 4 is 29.1 Å². The first-order valence-electron chi connectivity index (χ1n) is 9.42. The van der Waals surface area contributed by atoms with Crippen molar-refractivity contribution in [1.82, 2.24) is 9.97 Å². The maximum absolute atomic E-state index is 12.5. The molecule has 0 radical (unpaired) electrons. The van der Waals surface area contributed by atoms with Gasteiger partial charge in [-0.05, 0) is 37.1 Å². The van der Waals surface area contributed by atoms with Crippen LogP contribution < -0.4 is 15.1 Å². The predicted octanol–water partition coefficient (Wildman–Crippen LogP) is 1.86. The van der Waals surface area contributed by atoms with Crippen LogP contribution in [0.4, 0.5) is 17.3 Å². The van der Waals surface area contributed by atoms with Crippen LogP contribution in [0.25, 0.3) is 0 Å². The van der Waals surface area contributed by atoms with E-state index in [0.29, 0.717) is 30.4 Å². The van der Waals surface area contributed by atoms with Crippen molar-refractivity contribution in [2.45, 2.75) is 26.3 Å². The number of morpholine rings is 1. The number of carbonyl (C=O) groups excluding carboxylic acids is 2. The molecule has 146 valence electrons. The van der Waals surface area contributed by atoms with E-state index in [4.69, 9.17) is 4.74 Å². The molecule has 1 N–H and O–H groups in total. The number of anilines is 3. The van der Waals surface area contributed by atoms with Crippen LogP contribution in [0.2, 0.25) is 0 Å². The predicted molar refractivity (Wildman–Crippen MR) is 106 cm³/mol.